The first-order valence-corrected chi connectivity index (χ1v) is 7.36. The molecule has 112 valence electrons. The third kappa shape index (κ3) is 3.09. The third-order valence-corrected chi connectivity index (χ3v) is 3.82. The van der Waals surface area contributed by atoms with Crippen LogP contribution < -0.4 is 0 Å². The number of hydrogen-bond donors (Lipinski definition) is 1. The van der Waals surface area contributed by atoms with Crippen LogP contribution in [0.15, 0.2) is 41.7 Å². The summed E-state index contributed by atoms with van der Waals surface area (Å²) in [5.41, 5.74) is 2.70. The fourth-order valence-electron chi connectivity index (χ4n) is 2.60. The van der Waals surface area contributed by atoms with Crippen molar-refractivity contribution in [1.29, 1.82) is 0 Å². The predicted octanol–water partition coefficient (Wildman–Crippen LogP) is 2.47. The Morgan fingerprint density at radius 3 is 2.73 bits per heavy atom. The number of aliphatic hydroxyl groups is 1. The SMILES string of the molecule is O=C(CO)c1cnc(CCCC2C=Nc3ccccc32)nc1. The van der Waals surface area contributed by atoms with Crippen molar-refractivity contribution in [2.45, 2.75) is 25.2 Å². The van der Waals surface area contributed by atoms with Crippen LogP contribution in [0, 0.1) is 0 Å². The van der Waals surface area contributed by atoms with Crippen LogP contribution in [0.3, 0.4) is 0 Å². The van der Waals surface area contributed by atoms with Gasteiger partial charge in [-0.2, -0.15) is 0 Å². The zero-order chi connectivity index (χ0) is 15.4. The van der Waals surface area contributed by atoms with E-state index >= 15 is 0 Å². The highest BCUT2D eigenvalue weighted by Gasteiger charge is 2.17. The maximum atomic E-state index is 11.3. The van der Waals surface area contributed by atoms with Crippen LogP contribution in [-0.2, 0) is 6.42 Å². The van der Waals surface area contributed by atoms with Gasteiger partial charge in [-0.05, 0) is 24.5 Å². The summed E-state index contributed by atoms with van der Waals surface area (Å²) in [7, 11) is 0. The van der Waals surface area contributed by atoms with Crippen LogP contribution in [0.2, 0.25) is 0 Å². The highest BCUT2D eigenvalue weighted by atomic mass is 16.3. The molecule has 0 spiro atoms. The van der Waals surface area contributed by atoms with E-state index in [9.17, 15) is 4.79 Å². The summed E-state index contributed by atoms with van der Waals surface area (Å²) in [5.74, 6) is 0.731. The molecule has 0 radical (unpaired) electrons. The van der Waals surface area contributed by atoms with Crippen molar-refractivity contribution in [2.24, 2.45) is 4.99 Å². The number of aliphatic hydroxyl groups excluding tert-OH is 1. The molecule has 22 heavy (non-hydrogen) atoms. The molecule has 1 aliphatic heterocycles. The Labute approximate surface area is 128 Å². The van der Waals surface area contributed by atoms with Gasteiger partial charge in [0, 0.05) is 30.9 Å². The molecule has 1 aliphatic rings. The molecule has 1 atom stereocenters. The monoisotopic (exact) mass is 295 g/mol. The maximum Gasteiger partial charge on any atom is 0.191 e. The zero-order valence-corrected chi connectivity index (χ0v) is 12.1. The number of carbonyl (C=O) groups is 1. The lowest BCUT2D eigenvalue weighted by Gasteiger charge is -2.08. The average Bonchev–Trinajstić information content (AvgIpc) is 2.98. The maximum absolute atomic E-state index is 11.3. The molecule has 1 N–H and O–H groups in total. The van der Waals surface area contributed by atoms with Gasteiger partial charge in [0.2, 0.25) is 0 Å². The molecule has 0 amide bonds. The van der Waals surface area contributed by atoms with Gasteiger partial charge in [-0.15, -0.1) is 0 Å². The van der Waals surface area contributed by atoms with Crippen molar-refractivity contribution in [3.63, 3.8) is 0 Å². The number of benzene rings is 1. The smallest absolute Gasteiger partial charge is 0.191 e. The normalized spacial score (nSPS) is 15.8. The Morgan fingerprint density at radius 1 is 1.18 bits per heavy atom. The number of para-hydroxylation sites is 1. The number of nitrogens with zero attached hydrogens (tertiary/aromatic N) is 3. The molecular formula is C17H17N3O2. The Morgan fingerprint density at radius 2 is 1.95 bits per heavy atom. The molecule has 0 bridgehead atoms. The standard InChI is InChI=1S/C17H17N3O2/c21-11-16(22)13-9-19-17(20-10-13)7-3-4-12-8-18-15-6-2-1-5-14(12)15/h1-2,5-6,8-10,12,21H,3-4,7,11H2. The van der Waals surface area contributed by atoms with Crippen molar-refractivity contribution in [2.75, 3.05) is 6.61 Å². The molecule has 0 saturated heterocycles. The summed E-state index contributed by atoms with van der Waals surface area (Å²) < 4.78 is 0. The third-order valence-electron chi connectivity index (χ3n) is 3.82. The first-order valence-electron chi connectivity index (χ1n) is 7.36. The van der Waals surface area contributed by atoms with Crippen LogP contribution >= 0.6 is 0 Å². The molecule has 0 aliphatic carbocycles. The van der Waals surface area contributed by atoms with E-state index in [0.29, 0.717) is 11.5 Å². The van der Waals surface area contributed by atoms with Crippen molar-refractivity contribution in [3.8, 4) is 0 Å². The second kappa shape index (κ2) is 6.58. The fraction of sp³-hybridized carbons (Fsp3) is 0.294. The Balaban J connectivity index is 1.54. The summed E-state index contributed by atoms with van der Waals surface area (Å²) >= 11 is 0. The lowest BCUT2D eigenvalue weighted by atomic mass is 9.95. The molecule has 2 heterocycles. The van der Waals surface area contributed by atoms with Gasteiger partial charge in [0.15, 0.2) is 5.78 Å². The Hall–Kier alpha value is -2.40. The minimum Gasteiger partial charge on any atom is -0.388 e. The average molecular weight is 295 g/mol. The van der Waals surface area contributed by atoms with E-state index in [-0.39, 0.29) is 5.78 Å². The molecule has 5 nitrogen and oxygen atoms in total. The predicted molar refractivity (Wildman–Crippen MR) is 83.7 cm³/mol. The molecular weight excluding hydrogens is 278 g/mol. The number of hydrogen-bond acceptors (Lipinski definition) is 5. The van der Waals surface area contributed by atoms with Crippen LogP contribution in [0.1, 0.15) is 40.5 Å². The molecule has 2 aromatic rings. The Kier molecular flexibility index (Phi) is 4.34. The summed E-state index contributed by atoms with van der Waals surface area (Å²) in [6.07, 6.45) is 7.69. The van der Waals surface area contributed by atoms with Gasteiger partial charge < -0.3 is 5.11 Å². The molecule has 1 unspecified atom stereocenters. The van der Waals surface area contributed by atoms with E-state index < -0.39 is 6.61 Å². The highest BCUT2D eigenvalue weighted by Crippen LogP contribution is 2.34. The van der Waals surface area contributed by atoms with Crippen molar-refractivity contribution in [3.05, 3.63) is 53.6 Å². The van der Waals surface area contributed by atoms with Gasteiger partial charge >= 0.3 is 0 Å². The van der Waals surface area contributed by atoms with Crippen LogP contribution in [0.4, 0.5) is 5.69 Å². The van der Waals surface area contributed by atoms with Gasteiger partial charge in [-0.25, -0.2) is 9.97 Å². The number of Topliss-reactive ketones (excluding diaryl/α,β-unsaturated/α-hetero) is 1. The fourth-order valence-corrected chi connectivity index (χ4v) is 2.60. The molecule has 1 aromatic carbocycles. The number of fused-ring (bicyclic) bond motifs is 1. The van der Waals surface area contributed by atoms with Crippen LogP contribution in [-0.4, -0.2) is 33.7 Å². The molecule has 1 aromatic heterocycles. The Bertz CT molecular complexity index is 695. The van der Waals surface area contributed by atoms with Crippen LogP contribution in [0.25, 0.3) is 0 Å². The number of aliphatic imine (C=N–C) groups is 1. The number of aromatic nitrogens is 2. The number of aryl methyl sites for hydroxylation is 1. The number of ketones is 1. The summed E-state index contributed by atoms with van der Waals surface area (Å²) in [6.45, 7) is -0.511. The number of carbonyl (C=O) groups excluding carboxylic acids is 1. The van der Waals surface area contributed by atoms with E-state index in [0.717, 1.165) is 30.8 Å². The molecule has 3 rings (SSSR count). The van der Waals surface area contributed by atoms with Gasteiger partial charge in [-0.3, -0.25) is 9.79 Å². The first-order chi connectivity index (χ1) is 10.8. The molecule has 0 fully saturated rings. The van der Waals surface area contributed by atoms with Gasteiger partial charge in [-0.1, -0.05) is 18.2 Å². The van der Waals surface area contributed by atoms with Gasteiger partial charge in [0.05, 0.1) is 11.3 Å². The molecule has 0 saturated carbocycles. The second-order valence-electron chi connectivity index (χ2n) is 5.30. The zero-order valence-electron chi connectivity index (χ0n) is 12.1. The lowest BCUT2D eigenvalue weighted by molar-refractivity contribution is 0.0903. The first kappa shape index (κ1) is 14.5. The second-order valence-corrected chi connectivity index (χ2v) is 5.30. The summed E-state index contributed by atoms with van der Waals surface area (Å²) in [4.78, 5) is 24.1. The van der Waals surface area contributed by atoms with E-state index in [1.54, 1.807) is 0 Å². The lowest BCUT2D eigenvalue weighted by Crippen LogP contribution is -2.07. The van der Waals surface area contributed by atoms with Crippen molar-refractivity contribution in [1.82, 2.24) is 9.97 Å². The minimum absolute atomic E-state index is 0.350. The topological polar surface area (TPSA) is 75.4 Å². The van der Waals surface area contributed by atoms with E-state index in [4.69, 9.17) is 5.11 Å². The van der Waals surface area contributed by atoms with E-state index in [1.165, 1.54) is 18.0 Å². The summed E-state index contributed by atoms with van der Waals surface area (Å²) in [6, 6.07) is 8.20. The van der Waals surface area contributed by atoms with E-state index in [2.05, 4.69) is 21.0 Å². The van der Waals surface area contributed by atoms with Gasteiger partial charge in [0.1, 0.15) is 12.4 Å². The van der Waals surface area contributed by atoms with Crippen molar-refractivity contribution >= 4 is 17.7 Å². The minimum atomic E-state index is -0.511. The van der Waals surface area contributed by atoms with Gasteiger partial charge in [0.25, 0.3) is 0 Å². The largest absolute Gasteiger partial charge is 0.388 e. The highest BCUT2D eigenvalue weighted by molar-refractivity contribution is 5.96. The van der Waals surface area contributed by atoms with E-state index in [1.807, 2.05) is 24.4 Å². The summed E-state index contributed by atoms with van der Waals surface area (Å²) in [5, 5.41) is 8.78. The molecule has 5 heteroatoms. The van der Waals surface area contributed by atoms with Crippen LogP contribution in [0.5, 0.6) is 0 Å². The van der Waals surface area contributed by atoms with Crippen molar-refractivity contribution < 1.29 is 9.90 Å². The quantitative estimate of drug-likeness (QED) is 0.831. The number of rotatable bonds is 6.